The number of nitrogens with one attached hydrogen (secondary N) is 2. The summed E-state index contributed by atoms with van der Waals surface area (Å²) in [5.74, 6) is 0. The number of hydrogen-bond donors (Lipinski definition) is 2. The van der Waals surface area contributed by atoms with Gasteiger partial charge in [-0.15, -0.1) is 0 Å². The molecule has 2 heterocycles. The third-order valence-electron chi connectivity index (χ3n) is 3.96. The summed E-state index contributed by atoms with van der Waals surface area (Å²) in [5.41, 5.74) is -0.266. The number of nitrogens with zero attached hydrogens (tertiary/aromatic N) is 1. The largest absolute Gasteiger partial charge is 0.316 e. The molecule has 6 heteroatoms. The summed E-state index contributed by atoms with van der Waals surface area (Å²) in [5, 5.41) is 3.42. The zero-order valence-corrected chi connectivity index (χ0v) is 13.1. The average molecular weight is 289 g/mol. The van der Waals surface area contributed by atoms with Crippen LogP contribution in [-0.4, -0.2) is 44.4 Å². The average Bonchev–Trinajstić information content (AvgIpc) is 2.27. The van der Waals surface area contributed by atoms with Gasteiger partial charge in [-0.1, -0.05) is 0 Å². The molecule has 2 rings (SSSR count). The number of hydrogen-bond acceptors (Lipinski definition) is 3. The second-order valence-corrected chi connectivity index (χ2v) is 8.75. The lowest BCUT2D eigenvalue weighted by Gasteiger charge is -2.45. The van der Waals surface area contributed by atoms with Crippen molar-refractivity contribution in [2.24, 2.45) is 5.41 Å². The maximum atomic E-state index is 12.4. The van der Waals surface area contributed by atoms with Crippen LogP contribution >= 0.6 is 0 Å². The Morgan fingerprint density at radius 1 is 1.21 bits per heavy atom. The van der Waals surface area contributed by atoms with Crippen LogP contribution in [0.15, 0.2) is 0 Å². The predicted octanol–water partition coefficient (Wildman–Crippen LogP) is 1.08. The van der Waals surface area contributed by atoms with Crippen molar-refractivity contribution in [3.8, 4) is 0 Å². The Kier molecular flexibility index (Phi) is 4.26. The van der Waals surface area contributed by atoms with E-state index in [0.29, 0.717) is 13.1 Å². The highest BCUT2D eigenvalue weighted by Crippen LogP contribution is 2.36. The molecule has 1 atom stereocenters. The second kappa shape index (κ2) is 5.31. The topological polar surface area (TPSA) is 61.4 Å². The molecular formula is C13H27N3O2S. The van der Waals surface area contributed by atoms with Crippen LogP contribution in [0.4, 0.5) is 0 Å². The zero-order chi connectivity index (χ0) is 14.1. The summed E-state index contributed by atoms with van der Waals surface area (Å²) in [6.45, 7) is 8.97. The van der Waals surface area contributed by atoms with Crippen LogP contribution in [0.2, 0.25) is 0 Å². The van der Waals surface area contributed by atoms with Gasteiger partial charge in [0.15, 0.2) is 0 Å². The minimum absolute atomic E-state index is 0.156. The van der Waals surface area contributed by atoms with E-state index in [-0.39, 0.29) is 5.41 Å². The molecule has 2 fully saturated rings. The lowest BCUT2D eigenvalue weighted by molar-refractivity contribution is 0.109. The quantitative estimate of drug-likeness (QED) is 0.800. The van der Waals surface area contributed by atoms with Crippen molar-refractivity contribution in [3.05, 3.63) is 0 Å². The van der Waals surface area contributed by atoms with E-state index in [1.807, 2.05) is 20.8 Å². The minimum atomic E-state index is -3.36. The maximum Gasteiger partial charge on any atom is 0.279 e. The highest BCUT2D eigenvalue weighted by molar-refractivity contribution is 7.87. The lowest BCUT2D eigenvalue weighted by atomic mass is 9.75. The van der Waals surface area contributed by atoms with Crippen molar-refractivity contribution in [2.45, 2.75) is 52.0 Å². The van der Waals surface area contributed by atoms with Crippen molar-refractivity contribution in [1.82, 2.24) is 14.3 Å². The zero-order valence-electron chi connectivity index (χ0n) is 12.3. The second-order valence-electron chi connectivity index (χ2n) is 7.07. The van der Waals surface area contributed by atoms with Crippen molar-refractivity contribution in [1.29, 1.82) is 0 Å². The summed E-state index contributed by atoms with van der Waals surface area (Å²) in [7, 11) is -3.36. The van der Waals surface area contributed by atoms with Crippen LogP contribution < -0.4 is 10.0 Å². The molecule has 19 heavy (non-hydrogen) atoms. The number of piperidine rings is 2. The summed E-state index contributed by atoms with van der Waals surface area (Å²) in [6, 6.07) is 0. The fraction of sp³-hybridized carbons (Fsp3) is 1.00. The molecule has 2 N–H and O–H groups in total. The van der Waals surface area contributed by atoms with Gasteiger partial charge in [-0.25, -0.2) is 0 Å². The predicted molar refractivity (Wildman–Crippen MR) is 77.2 cm³/mol. The van der Waals surface area contributed by atoms with E-state index in [9.17, 15) is 8.42 Å². The molecule has 2 aliphatic rings. The molecular weight excluding hydrogens is 262 g/mol. The number of rotatable bonds is 2. The summed E-state index contributed by atoms with van der Waals surface area (Å²) in [4.78, 5) is 0. The van der Waals surface area contributed by atoms with E-state index in [4.69, 9.17) is 0 Å². The molecule has 5 nitrogen and oxygen atoms in total. The van der Waals surface area contributed by atoms with Crippen molar-refractivity contribution >= 4 is 10.2 Å². The van der Waals surface area contributed by atoms with Crippen molar-refractivity contribution < 1.29 is 8.42 Å². The molecule has 1 unspecified atom stereocenters. The lowest BCUT2D eigenvalue weighted by Crippen LogP contribution is -2.56. The first kappa shape index (κ1) is 15.2. The van der Waals surface area contributed by atoms with Crippen LogP contribution in [0.1, 0.15) is 46.5 Å². The first-order valence-electron chi connectivity index (χ1n) is 7.22. The molecule has 0 aliphatic carbocycles. The smallest absolute Gasteiger partial charge is 0.279 e. The van der Waals surface area contributed by atoms with E-state index in [1.54, 1.807) is 4.31 Å². The van der Waals surface area contributed by atoms with E-state index in [0.717, 1.165) is 38.8 Å². The Morgan fingerprint density at radius 3 is 2.47 bits per heavy atom. The third kappa shape index (κ3) is 3.90. The molecule has 2 saturated heterocycles. The van der Waals surface area contributed by atoms with Crippen LogP contribution in [-0.2, 0) is 10.2 Å². The van der Waals surface area contributed by atoms with Gasteiger partial charge in [-0.3, -0.25) is 0 Å². The molecule has 0 aromatic rings. The van der Waals surface area contributed by atoms with Crippen LogP contribution in [0.3, 0.4) is 0 Å². The molecule has 1 spiro atoms. The molecule has 0 saturated carbocycles. The minimum Gasteiger partial charge on any atom is -0.316 e. The van der Waals surface area contributed by atoms with Crippen molar-refractivity contribution in [3.63, 3.8) is 0 Å². The Morgan fingerprint density at radius 2 is 1.89 bits per heavy atom. The molecule has 112 valence electrons. The van der Waals surface area contributed by atoms with Gasteiger partial charge in [-0.05, 0) is 58.4 Å². The summed E-state index contributed by atoms with van der Waals surface area (Å²) >= 11 is 0. The van der Waals surface area contributed by atoms with Gasteiger partial charge in [-0.2, -0.15) is 17.4 Å². The van der Waals surface area contributed by atoms with Gasteiger partial charge in [0.05, 0.1) is 0 Å². The van der Waals surface area contributed by atoms with Gasteiger partial charge in [0.25, 0.3) is 10.2 Å². The Hall–Kier alpha value is -0.170. The van der Waals surface area contributed by atoms with Gasteiger partial charge in [0.2, 0.25) is 0 Å². The fourth-order valence-electron chi connectivity index (χ4n) is 3.20. The summed E-state index contributed by atoms with van der Waals surface area (Å²) in [6.07, 6.45) is 4.40. The molecule has 0 amide bonds. The van der Waals surface area contributed by atoms with Gasteiger partial charge < -0.3 is 5.32 Å². The Labute approximate surface area is 117 Å². The van der Waals surface area contributed by atoms with Crippen molar-refractivity contribution in [2.75, 3.05) is 26.2 Å². The molecule has 0 aromatic carbocycles. The van der Waals surface area contributed by atoms with Gasteiger partial charge in [0.1, 0.15) is 0 Å². The van der Waals surface area contributed by atoms with Gasteiger partial charge in [0, 0.05) is 25.2 Å². The first-order valence-corrected chi connectivity index (χ1v) is 8.66. The van der Waals surface area contributed by atoms with E-state index < -0.39 is 15.7 Å². The fourth-order valence-corrected chi connectivity index (χ4v) is 4.91. The Bertz CT molecular complexity index is 403. The summed E-state index contributed by atoms with van der Waals surface area (Å²) < 4.78 is 29.3. The normalized spacial score (nSPS) is 30.7. The van der Waals surface area contributed by atoms with Crippen LogP contribution in [0.25, 0.3) is 0 Å². The molecule has 0 bridgehead atoms. The molecule has 0 radical (unpaired) electrons. The van der Waals surface area contributed by atoms with E-state index in [1.165, 1.54) is 0 Å². The molecule has 0 aromatic heterocycles. The monoisotopic (exact) mass is 289 g/mol. The highest BCUT2D eigenvalue weighted by Gasteiger charge is 2.40. The third-order valence-corrected chi connectivity index (χ3v) is 5.82. The SMILES string of the molecule is CC(C)(C)NS(=O)(=O)N1CCCC2(CCCNC2)C1. The van der Waals surface area contributed by atoms with E-state index >= 15 is 0 Å². The van der Waals surface area contributed by atoms with Crippen LogP contribution in [0.5, 0.6) is 0 Å². The Balaban J connectivity index is 2.08. The standard InChI is InChI=1S/C13H27N3O2S/c1-12(2,3)15-19(17,18)16-9-5-7-13(11-16)6-4-8-14-10-13/h14-15H,4-11H2,1-3H3. The highest BCUT2D eigenvalue weighted by atomic mass is 32.2. The molecule has 2 aliphatic heterocycles. The van der Waals surface area contributed by atoms with Crippen LogP contribution in [0, 0.1) is 5.41 Å². The van der Waals surface area contributed by atoms with E-state index in [2.05, 4.69) is 10.0 Å². The maximum absolute atomic E-state index is 12.4. The first-order chi connectivity index (χ1) is 8.73. The van der Waals surface area contributed by atoms with Gasteiger partial charge >= 0.3 is 0 Å².